The van der Waals surface area contributed by atoms with Crippen molar-refractivity contribution in [1.82, 2.24) is 4.90 Å². The van der Waals surface area contributed by atoms with E-state index in [1.165, 1.54) is 0 Å². The number of fused-ring (bicyclic) bond motifs is 1. The van der Waals surface area contributed by atoms with Crippen LogP contribution >= 0.6 is 0 Å². The average molecular weight is 340 g/mol. The first-order chi connectivity index (χ1) is 12.0. The van der Waals surface area contributed by atoms with E-state index < -0.39 is 6.10 Å². The number of nitrogens with zero attached hydrogens (tertiary/aromatic N) is 2. The number of rotatable bonds is 3. The summed E-state index contributed by atoms with van der Waals surface area (Å²) < 4.78 is 5.19. The smallest absolute Gasteiger partial charge is 0.256 e. The second-order valence-electron chi connectivity index (χ2n) is 6.50. The Morgan fingerprint density at radius 2 is 2.00 bits per heavy atom. The molecule has 0 fully saturated rings. The lowest BCUT2D eigenvalue weighted by Gasteiger charge is -2.30. The van der Waals surface area contributed by atoms with E-state index in [-0.39, 0.29) is 11.9 Å². The third-order valence-corrected chi connectivity index (χ3v) is 4.74. The molecule has 2 aromatic carbocycles. The second-order valence-corrected chi connectivity index (χ2v) is 6.50. The molecule has 0 aliphatic carbocycles. The standard InChI is InChI=1S/C20H24N2O3/c1-14-12-21(2)18-10-5-4-7-16(18)13-22(14)20(24)19(23)15-8-6-9-17(11-15)25-3/h4-11,14,19,23H,12-13H2,1-3H3. The van der Waals surface area contributed by atoms with Crippen molar-refractivity contribution in [2.24, 2.45) is 0 Å². The van der Waals surface area contributed by atoms with Crippen LogP contribution in [-0.2, 0) is 11.3 Å². The number of aliphatic hydroxyl groups excluding tert-OH is 1. The van der Waals surface area contributed by atoms with Crippen LogP contribution < -0.4 is 9.64 Å². The minimum absolute atomic E-state index is 0.00911. The third-order valence-electron chi connectivity index (χ3n) is 4.74. The maximum atomic E-state index is 13.0. The van der Waals surface area contributed by atoms with Gasteiger partial charge in [-0.2, -0.15) is 0 Å². The van der Waals surface area contributed by atoms with Gasteiger partial charge in [0.2, 0.25) is 0 Å². The molecule has 1 heterocycles. The molecule has 1 aliphatic rings. The fourth-order valence-electron chi connectivity index (χ4n) is 3.36. The van der Waals surface area contributed by atoms with E-state index in [1.807, 2.05) is 32.2 Å². The Labute approximate surface area is 148 Å². The number of carbonyl (C=O) groups excluding carboxylic acids is 1. The first-order valence-corrected chi connectivity index (χ1v) is 8.42. The molecule has 3 rings (SSSR count). The van der Waals surface area contributed by atoms with Gasteiger partial charge in [-0.25, -0.2) is 0 Å². The number of hydrogen-bond donors (Lipinski definition) is 1. The number of anilines is 1. The molecule has 5 nitrogen and oxygen atoms in total. The zero-order valence-electron chi connectivity index (χ0n) is 14.8. The minimum atomic E-state index is -1.20. The summed E-state index contributed by atoms with van der Waals surface area (Å²) in [6.45, 7) is 3.22. The number of amides is 1. The molecule has 25 heavy (non-hydrogen) atoms. The highest BCUT2D eigenvalue weighted by Gasteiger charge is 2.31. The molecule has 2 aromatic rings. The van der Waals surface area contributed by atoms with Gasteiger partial charge in [-0.05, 0) is 36.2 Å². The van der Waals surface area contributed by atoms with Crippen LogP contribution in [0.5, 0.6) is 5.75 Å². The lowest BCUT2D eigenvalue weighted by Crippen LogP contribution is -2.44. The Morgan fingerprint density at radius 1 is 1.24 bits per heavy atom. The van der Waals surface area contributed by atoms with Crippen molar-refractivity contribution in [3.05, 3.63) is 59.7 Å². The van der Waals surface area contributed by atoms with Crippen molar-refractivity contribution >= 4 is 11.6 Å². The van der Waals surface area contributed by atoms with Gasteiger partial charge in [-0.1, -0.05) is 30.3 Å². The van der Waals surface area contributed by atoms with E-state index in [0.29, 0.717) is 24.4 Å². The predicted octanol–water partition coefficient (Wildman–Crippen LogP) is 2.60. The summed E-state index contributed by atoms with van der Waals surface area (Å²) in [5, 5.41) is 10.6. The van der Waals surface area contributed by atoms with Gasteiger partial charge in [0.25, 0.3) is 5.91 Å². The molecule has 0 spiro atoms. The average Bonchev–Trinajstić information content (AvgIpc) is 2.77. The number of benzene rings is 2. The molecule has 0 saturated carbocycles. The van der Waals surface area contributed by atoms with Crippen molar-refractivity contribution in [3.63, 3.8) is 0 Å². The van der Waals surface area contributed by atoms with Crippen LogP contribution in [0.15, 0.2) is 48.5 Å². The Balaban J connectivity index is 1.88. The Bertz CT molecular complexity index is 762. The number of ether oxygens (including phenoxy) is 1. The largest absolute Gasteiger partial charge is 0.497 e. The van der Waals surface area contributed by atoms with Crippen molar-refractivity contribution in [1.29, 1.82) is 0 Å². The molecule has 0 saturated heterocycles. The number of carbonyl (C=O) groups is 1. The fraction of sp³-hybridized carbons (Fsp3) is 0.350. The Kier molecular flexibility index (Phi) is 4.95. The summed E-state index contributed by atoms with van der Waals surface area (Å²) >= 11 is 0. The lowest BCUT2D eigenvalue weighted by atomic mass is 10.1. The van der Waals surface area contributed by atoms with E-state index in [4.69, 9.17) is 4.74 Å². The van der Waals surface area contributed by atoms with E-state index in [2.05, 4.69) is 11.0 Å². The number of aliphatic hydroxyl groups is 1. The number of methoxy groups -OCH3 is 1. The van der Waals surface area contributed by atoms with Crippen LogP contribution in [0.2, 0.25) is 0 Å². The molecular weight excluding hydrogens is 316 g/mol. The van der Waals surface area contributed by atoms with Gasteiger partial charge in [-0.15, -0.1) is 0 Å². The summed E-state index contributed by atoms with van der Waals surface area (Å²) in [5.74, 6) is 0.337. The van der Waals surface area contributed by atoms with Crippen LogP contribution in [0.1, 0.15) is 24.2 Å². The SMILES string of the molecule is COc1cccc(C(O)C(=O)N2Cc3ccccc3N(C)CC2C)c1. The highest BCUT2D eigenvalue weighted by molar-refractivity contribution is 5.83. The van der Waals surface area contributed by atoms with Gasteiger partial charge in [0, 0.05) is 31.9 Å². The highest BCUT2D eigenvalue weighted by atomic mass is 16.5. The maximum Gasteiger partial charge on any atom is 0.256 e. The Hall–Kier alpha value is -2.53. The van der Waals surface area contributed by atoms with Crippen LogP contribution in [0.3, 0.4) is 0 Å². The van der Waals surface area contributed by atoms with Crippen LogP contribution in [-0.4, -0.2) is 42.7 Å². The molecule has 0 aromatic heterocycles. The number of para-hydroxylation sites is 1. The lowest BCUT2D eigenvalue weighted by molar-refractivity contribution is -0.143. The van der Waals surface area contributed by atoms with Gasteiger partial charge in [0.15, 0.2) is 6.10 Å². The first-order valence-electron chi connectivity index (χ1n) is 8.42. The van der Waals surface area contributed by atoms with Crippen molar-refractivity contribution in [2.75, 3.05) is 25.6 Å². The highest BCUT2D eigenvalue weighted by Crippen LogP contribution is 2.28. The molecule has 1 N–H and O–H groups in total. The van der Waals surface area contributed by atoms with Gasteiger partial charge in [0.05, 0.1) is 7.11 Å². The van der Waals surface area contributed by atoms with Gasteiger partial charge < -0.3 is 19.6 Å². The quantitative estimate of drug-likeness (QED) is 0.933. The Morgan fingerprint density at radius 3 is 2.76 bits per heavy atom. The topological polar surface area (TPSA) is 53.0 Å². The van der Waals surface area contributed by atoms with Crippen LogP contribution in [0.4, 0.5) is 5.69 Å². The van der Waals surface area contributed by atoms with Gasteiger partial charge >= 0.3 is 0 Å². The summed E-state index contributed by atoms with van der Waals surface area (Å²) in [6, 6.07) is 15.1. The molecule has 132 valence electrons. The van der Waals surface area contributed by atoms with Crippen molar-refractivity contribution in [3.8, 4) is 5.75 Å². The molecule has 2 unspecified atom stereocenters. The van der Waals surface area contributed by atoms with Gasteiger partial charge in [-0.3, -0.25) is 4.79 Å². The van der Waals surface area contributed by atoms with Crippen LogP contribution in [0.25, 0.3) is 0 Å². The molecule has 5 heteroatoms. The molecule has 0 radical (unpaired) electrons. The molecule has 2 atom stereocenters. The van der Waals surface area contributed by atoms with E-state index in [0.717, 1.165) is 11.3 Å². The summed E-state index contributed by atoms with van der Waals surface area (Å²) in [4.78, 5) is 16.9. The predicted molar refractivity (Wildman–Crippen MR) is 97.7 cm³/mol. The zero-order chi connectivity index (χ0) is 18.0. The molecule has 1 amide bonds. The zero-order valence-corrected chi connectivity index (χ0v) is 14.8. The normalized spacial score (nSPS) is 18.3. The molecule has 0 bridgehead atoms. The number of hydrogen-bond acceptors (Lipinski definition) is 4. The van der Waals surface area contributed by atoms with E-state index in [9.17, 15) is 9.90 Å². The second kappa shape index (κ2) is 7.15. The monoisotopic (exact) mass is 340 g/mol. The fourth-order valence-corrected chi connectivity index (χ4v) is 3.36. The first kappa shape index (κ1) is 17.3. The van der Waals surface area contributed by atoms with E-state index >= 15 is 0 Å². The maximum absolute atomic E-state index is 13.0. The van der Waals surface area contributed by atoms with Crippen molar-refractivity contribution in [2.45, 2.75) is 25.6 Å². The van der Waals surface area contributed by atoms with Crippen molar-refractivity contribution < 1.29 is 14.6 Å². The molecular formula is C20H24N2O3. The summed E-state index contributed by atoms with van der Waals surface area (Å²) in [7, 11) is 3.60. The summed E-state index contributed by atoms with van der Waals surface area (Å²) in [6.07, 6.45) is -1.20. The van der Waals surface area contributed by atoms with E-state index in [1.54, 1.807) is 36.3 Å². The van der Waals surface area contributed by atoms with Gasteiger partial charge in [0.1, 0.15) is 5.75 Å². The number of likely N-dealkylation sites (N-methyl/N-ethyl adjacent to an activating group) is 1. The molecule has 1 aliphatic heterocycles. The third kappa shape index (κ3) is 3.46. The summed E-state index contributed by atoms with van der Waals surface area (Å²) in [5.41, 5.74) is 2.75. The minimum Gasteiger partial charge on any atom is -0.497 e. The van der Waals surface area contributed by atoms with Crippen LogP contribution in [0, 0.1) is 0 Å².